The van der Waals surface area contributed by atoms with E-state index in [0.717, 1.165) is 41.2 Å². The van der Waals surface area contributed by atoms with Crippen LogP contribution in [0.25, 0.3) is 6.08 Å². The van der Waals surface area contributed by atoms with Gasteiger partial charge in [0.15, 0.2) is 16.7 Å². The van der Waals surface area contributed by atoms with Gasteiger partial charge in [0.1, 0.15) is 6.61 Å². The normalized spacial score (nSPS) is 20.9. The van der Waals surface area contributed by atoms with Crippen LogP contribution in [0.2, 0.25) is 0 Å². The van der Waals surface area contributed by atoms with Crippen LogP contribution in [-0.2, 0) is 11.4 Å². The Morgan fingerprint density at radius 2 is 1.78 bits per heavy atom. The zero-order valence-corrected chi connectivity index (χ0v) is 24.0. The molecule has 1 saturated heterocycles. The summed E-state index contributed by atoms with van der Waals surface area (Å²) in [6, 6.07) is 21.7. The standard InChI is InChI=1S/C32H33N3O5S/c1-3-39-29-19-24(15-18-28(29)40-21-23-13-16-26(17-14-23)35(37)38)20-30-31(36)34(27-12-8-7-9-22(27)2)32(41-30)33-25-10-5-4-6-11-25/h4-6,10-11,13-20,22,27H,3,7-9,12,21H2,1-2H3/b30-20-,33-32?/t22-,27+/m1/s1. The van der Waals surface area contributed by atoms with E-state index in [1.54, 1.807) is 12.1 Å². The SMILES string of the molecule is CCOc1cc(/C=C2\SC(=Nc3ccccc3)N([C@H]3CCCC[C@H]3C)C2=O)ccc1OCc1ccc([N+](=O)[O-])cc1. The van der Waals surface area contributed by atoms with Crippen molar-refractivity contribution in [3.63, 3.8) is 0 Å². The van der Waals surface area contributed by atoms with Gasteiger partial charge >= 0.3 is 0 Å². The summed E-state index contributed by atoms with van der Waals surface area (Å²) in [5, 5.41) is 11.6. The number of non-ortho nitro benzene ring substituents is 1. The van der Waals surface area contributed by atoms with Gasteiger partial charge in [0, 0.05) is 18.2 Å². The van der Waals surface area contributed by atoms with Gasteiger partial charge in [0.25, 0.3) is 11.6 Å². The predicted molar refractivity (Wildman–Crippen MR) is 162 cm³/mol. The summed E-state index contributed by atoms with van der Waals surface area (Å²) >= 11 is 1.41. The number of amidine groups is 1. The third kappa shape index (κ3) is 6.79. The molecule has 9 heteroatoms. The maximum Gasteiger partial charge on any atom is 0.269 e. The second kappa shape index (κ2) is 13.0. The molecular formula is C32H33N3O5S. The Bertz CT molecular complexity index is 1460. The van der Waals surface area contributed by atoms with E-state index in [1.807, 2.05) is 66.4 Å². The molecule has 41 heavy (non-hydrogen) atoms. The highest BCUT2D eigenvalue weighted by Gasteiger charge is 2.41. The Labute approximate surface area is 244 Å². The third-order valence-corrected chi connectivity index (χ3v) is 8.31. The summed E-state index contributed by atoms with van der Waals surface area (Å²) in [6.07, 6.45) is 6.28. The van der Waals surface area contributed by atoms with Crippen LogP contribution in [0.4, 0.5) is 11.4 Å². The van der Waals surface area contributed by atoms with Crippen molar-refractivity contribution < 1.29 is 19.2 Å². The molecule has 0 spiro atoms. The number of benzene rings is 3. The Morgan fingerprint density at radius 1 is 1.02 bits per heavy atom. The molecule has 0 unspecified atom stereocenters. The molecule has 1 amide bonds. The third-order valence-electron chi connectivity index (χ3n) is 7.32. The van der Waals surface area contributed by atoms with Crippen LogP contribution in [0.3, 0.4) is 0 Å². The van der Waals surface area contributed by atoms with Crippen molar-refractivity contribution in [2.45, 2.75) is 52.2 Å². The van der Waals surface area contributed by atoms with Crippen LogP contribution >= 0.6 is 11.8 Å². The summed E-state index contributed by atoms with van der Waals surface area (Å²) in [6.45, 7) is 4.81. The van der Waals surface area contributed by atoms with E-state index in [1.165, 1.54) is 30.3 Å². The first-order chi connectivity index (χ1) is 19.9. The summed E-state index contributed by atoms with van der Waals surface area (Å²) in [5.74, 6) is 1.52. The average molecular weight is 572 g/mol. The molecule has 1 saturated carbocycles. The molecule has 1 heterocycles. The van der Waals surface area contributed by atoms with E-state index in [0.29, 0.717) is 28.9 Å². The van der Waals surface area contributed by atoms with E-state index in [2.05, 4.69) is 6.92 Å². The molecule has 8 nitrogen and oxygen atoms in total. The summed E-state index contributed by atoms with van der Waals surface area (Å²) in [4.78, 5) is 31.7. The zero-order chi connectivity index (χ0) is 28.8. The molecule has 2 fully saturated rings. The lowest BCUT2D eigenvalue weighted by Gasteiger charge is -2.35. The quantitative estimate of drug-likeness (QED) is 0.148. The molecule has 0 radical (unpaired) electrons. The second-order valence-electron chi connectivity index (χ2n) is 10.2. The number of para-hydroxylation sites is 1. The van der Waals surface area contributed by atoms with Crippen LogP contribution in [0.5, 0.6) is 11.5 Å². The number of rotatable bonds is 9. The fourth-order valence-corrected chi connectivity index (χ4v) is 6.22. The van der Waals surface area contributed by atoms with Gasteiger partial charge in [-0.25, -0.2) is 4.99 Å². The van der Waals surface area contributed by atoms with Gasteiger partial charge in [-0.2, -0.15) is 0 Å². The fourth-order valence-electron chi connectivity index (χ4n) is 5.18. The van der Waals surface area contributed by atoms with Gasteiger partial charge in [-0.3, -0.25) is 19.8 Å². The Morgan fingerprint density at radius 3 is 2.49 bits per heavy atom. The molecule has 0 bridgehead atoms. The lowest BCUT2D eigenvalue weighted by atomic mass is 9.85. The van der Waals surface area contributed by atoms with Crippen molar-refractivity contribution in [3.05, 3.63) is 98.9 Å². The van der Waals surface area contributed by atoms with Crippen molar-refractivity contribution in [2.24, 2.45) is 10.9 Å². The first-order valence-corrected chi connectivity index (χ1v) is 14.7. The molecule has 212 valence electrons. The van der Waals surface area contributed by atoms with E-state index in [-0.39, 0.29) is 24.2 Å². The van der Waals surface area contributed by atoms with Gasteiger partial charge in [-0.1, -0.05) is 44.0 Å². The van der Waals surface area contributed by atoms with Crippen molar-refractivity contribution in [3.8, 4) is 11.5 Å². The number of hydrogen-bond donors (Lipinski definition) is 0. The monoisotopic (exact) mass is 571 g/mol. The highest BCUT2D eigenvalue weighted by molar-refractivity contribution is 8.18. The lowest BCUT2D eigenvalue weighted by molar-refractivity contribution is -0.384. The van der Waals surface area contributed by atoms with Crippen molar-refractivity contribution in [1.29, 1.82) is 0 Å². The minimum Gasteiger partial charge on any atom is -0.490 e. The van der Waals surface area contributed by atoms with Crippen LogP contribution < -0.4 is 9.47 Å². The molecule has 1 aliphatic carbocycles. The Kier molecular flexibility index (Phi) is 9.04. The maximum atomic E-state index is 13.8. The van der Waals surface area contributed by atoms with Crippen LogP contribution in [0.15, 0.2) is 82.7 Å². The number of nitro groups is 1. The number of nitrogens with zero attached hydrogens (tertiary/aromatic N) is 3. The summed E-state index contributed by atoms with van der Waals surface area (Å²) in [5.41, 5.74) is 2.49. The van der Waals surface area contributed by atoms with E-state index in [9.17, 15) is 14.9 Å². The second-order valence-corrected chi connectivity index (χ2v) is 11.2. The van der Waals surface area contributed by atoms with E-state index < -0.39 is 4.92 Å². The predicted octanol–water partition coefficient (Wildman–Crippen LogP) is 7.76. The van der Waals surface area contributed by atoms with E-state index >= 15 is 0 Å². The van der Waals surface area contributed by atoms with Crippen molar-refractivity contribution in [2.75, 3.05) is 6.61 Å². The minimum absolute atomic E-state index is 0.0140. The highest BCUT2D eigenvalue weighted by Crippen LogP contribution is 2.41. The molecule has 0 aromatic heterocycles. The van der Waals surface area contributed by atoms with Gasteiger partial charge in [-0.05, 0) is 91.0 Å². The number of hydrogen-bond acceptors (Lipinski definition) is 7. The number of nitro benzene ring substituents is 1. The summed E-state index contributed by atoms with van der Waals surface area (Å²) in [7, 11) is 0. The van der Waals surface area contributed by atoms with Gasteiger partial charge in [0.05, 0.1) is 22.1 Å². The van der Waals surface area contributed by atoms with Crippen LogP contribution in [0.1, 0.15) is 50.7 Å². The fraction of sp³-hybridized carbons (Fsp3) is 0.312. The number of carbonyl (C=O) groups excluding carboxylic acids is 1. The van der Waals surface area contributed by atoms with Gasteiger partial charge in [0.2, 0.25) is 0 Å². The summed E-state index contributed by atoms with van der Waals surface area (Å²) < 4.78 is 11.9. The number of amides is 1. The topological polar surface area (TPSA) is 94.3 Å². The number of carbonyl (C=O) groups is 1. The minimum atomic E-state index is -0.427. The molecule has 3 aromatic rings. The van der Waals surface area contributed by atoms with Gasteiger partial charge in [-0.15, -0.1) is 0 Å². The molecule has 2 atom stereocenters. The number of thioether (sulfide) groups is 1. The first-order valence-electron chi connectivity index (χ1n) is 13.9. The molecule has 0 N–H and O–H groups in total. The molecule has 1 aliphatic heterocycles. The Hall–Kier alpha value is -4.11. The van der Waals surface area contributed by atoms with Crippen molar-refractivity contribution in [1.82, 2.24) is 4.90 Å². The Balaban J connectivity index is 1.39. The largest absolute Gasteiger partial charge is 0.490 e. The van der Waals surface area contributed by atoms with Crippen LogP contribution in [0, 0.1) is 16.0 Å². The van der Waals surface area contributed by atoms with Crippen molar-refractivity contribution >= 4 is 40.3 Å². The smallest absolute Gasteiger partial charge is 0.269 e. The molecular weight excluding hydrogens is 538 g/mol. The lowest BCUT2D eigenvalue weighted by Crippen LogP contribution is -2.44. The molecule has 3 aromatic carbocycles. The van der Waals surface area contributed by atoms with Crippen LogP contribution in [-0.4, -0.2) is 33.5 Å². The highest BCUT2D eigenvalue weighted by atomic mass is 32.2. The average Bonchev–Trinajstić information content (AvgIpc) is 3.27. The maximum absolute atomic E-state index is 13.8. The van der Waals surface area contributed by atoms with E-state index in [4.69, 9.17) is 14.5 Å². The molecule has 5 rings (SSSR count). The number of aliphatic imine (C=N–C) groups is 1. The molecule has 2 aliphatic rings. The van der Waals surface area contributed by atoms with Gasteiger partial charge < -0.3 is 9.47 Å². The first kappa shape index (κ1) is 28.4. The zero-order valence-electron chi connectivity index (χ0n) is 23.2. The number of ether oxygens (including phenoxy) is 2.